The smallest absolute Gasteiger partial charge is 0.141 e. The molecule has 1 N–H and O–H groups in total. The fraction of sp³-hybridized carbons (Fsp3) is 0.667. The summed E-state index contributed by atoms with van der Waals surface area (Å²) >= 11 is 0. The molecule has 1 aliphatic heterocycles. The van der Waals surface area contributed by atoms with Crippen LogP contribution in [-0.2, 0) is 6.54 Å². The van der Waals surface area contributed by atoms with Gasteiger partial charge in [0.2, 0.25) is 0 Å². The lowest BCUT2D eigenvalue weighted by molar-refractivity contribution is 0.0244. The minimum absolute atomic E-state index is 0.0704. The number of pyridine rings is 1. The highest BCUT2D eigenvalue weighted by atomic mass is 19.1. The monoisotopic (exact) mass is 265 g/mol. The second-order valence-corrected chi connectivity index (χ2v) is 6.45. The molecule has 4 heteroatoms. The van der Waals surface area contributed by atoms with Gasteiger partial charge in [-0.1, -0.05) is 6.92 Å². The molecule has 2 rings (SSSR count). The summed E-state index contributed by atoms with van der Waals surface area (Å²) in [6.07, 6.45) is 4.09. The number of hydrogen-bond acceptors (Lipinski definition) is 3. The Morgan fingerprint density at radius 2 is 2.11 bits per heavy atom. The Balaban J connectivity index is 2.16. The van der Waals surface area contributed by atoms with Gasteiger partial charge in [0, 0.05) is 36.9 Å². The molecular weight excluding hydrogens is 241 g/mol. The predicted octanol–water partition coefficient (Wildman–Crippen LogP) is 2.57. The van der Waals surface area contributed by atoms with E-state index in [4.69, 9.17) is 0 Å². The summed E-state index contributed by atoms with van der Waals surface area (Å²) in [5.74, 6) is -0.260. The predicted molar refractivity (Wildman–Crippen MR) is 75.4 cm³/mol. The lowest BCUT2D eigenvalue weighted by Gasteiger charge is -2.50. The van der Waals surface area contributed by atoms with Gasteiger partial charge < -0.3 is 5.32 Å². The number of rotatable bonds is 3. The fourth-order valence-corrected chi connectivity index (χ4v) is 2.50. The van der Waals surface area contributed by atoms with Crippen molar-refractivity contribution in [3.8, 4) is 0 Å². The zero-order valence-corrected chi connectivity index (χ0v) is 12.3. The number of nitrogens with one attached hydrogen (secondary N) is 1. The number of nitrogens with zero attached hydrogens (tertiary/aromatic N) is 2. The Morgan fingerprint density at radius 1 is 1.37 bits per heavy atom. The van der Waals surface area contributed by atoms with Crippen molar-refractivity contribution in [1.82, 2.24) is 15.2 Å². The van der Waals surface area contributed by atoms with Crippen molar-refractivity contribution < 1.29 is 4.39 Å². The molecule has 1 atom stereocenters. The van der Waals surface area contributed by atoms with E-state index in [9.17, 15) is 4.39 Å². The van der Waals surface area contributed by atoms with E-state index >= 15 is 0 Å². The van der Waals surface area contributed by atoms with Gasteiger partial charge in [-0.05, 0) is 38.8 Å². The molecule has 1 aliphatic rings. The van der Waals surface area contributed by atoms with Crippen molar-refractivity contribution in [1.29, 1.82) is 0 Å². The van der Waals surface area contributed by atoms with Crippen molar-refractivity contribution in [2.24, 2.45) is 0 Å². The first-order valence-corrected chi connectivity index (χ1v) is 6.94. The molecule has 0 amide bonds. The van der Waals surface area contributed by atoms with E-state index in [2.05, 4.69) is 42.9 Å². The molecule has 2 heterocycles. The summed E-state index contributed by atoms with van der Waals surface area (Å²) < 4.78 is 13.2. The van der Waals surface area contributed by atoms with Crippen LogP contribution < -0.4 is 5.32 Å². The van der Waals surface area contributed by atoms with E-state index in [0.29, 0.717) is 0 Å². The van der Waals surface area contributed by atoms with Crippen molar-refractivity contribution in [2.45, 2.75) is 51.7 Å². The van der Waals surface area contributed by atoms with Gasteiger partial charge in [-0.15, -0.1) is 0 Å². The molecule has 0 aromatic carbocycles. The van der Waals surface area contributed by atoms with Gasteiger partial charge >= 0.3 is 0 Å². The molecule has 1 aromatic rings. The standard InChI is InChI=1S/C15H24FN3/c1-5-15(4)11-19(14(2,3)10-18-15)9-12-6-13(16)8-17-7-12/h6-8,18H,5,9-11H2,1-4H3. The van der Waals surface area contributed by atoms with Crippen LogP contribution >= 0.6 is 0 Å². The van der Waals surface area contributed by atoms with E-state index in [1.54, 1.807) is 12.3 Å². The van der Waals surface area contributed by atoms with Gasteiger partial charge in [0.15, 0.2) is 0 Å². The van der Waals surface area contributed by atoms with Gasteiger partial charge in [-0.3, -0.25) is 9.88 Å². The summed E-state index contributed by atoms with van der Waals surface area (Å²) in [6, 6.07) is 1.58. The molecule has 0 aliphatic carbocycles. The van der Waals surface area contributed by atoms with Crippen LogP contribution in [0, 0.1) is 5.82 Å². The van der Waals surface area contributed by atoms with Crippen LogP contribution in [0.25, 0.3) is 0 Å². The average molecular weight is 265 g/mol. The number of aromatic nitrogens is 1. The third-order valence-electron chi connectivity index (χ3n) is 4.26. The van der Waals surface area contributed by atoms with E-state index < -0.39 is 0 Å². The Labute approximate surface area is 115 Å². The minimum atomic E-state index is -0.260. The maximum atomic E-state index is 13.2. The number of piperazine rings is 1. The van der Waals surface area contributed by atoms with E-state index in [-0.39, 0.29) is 16.9 Å². The lowest BCUT2D eigenvalue weighted by Crippen LogP contribution is -2.66. The maximum Gasteiger partial charge on any atom is 0.141 e. The van der Waals surface area contributed by atoms with Crippen molar-refractivity contribution in [3.05, 3.63) is 29.8 Å². The summed E-state index contributed by atoms with van der Waals surface area (Å²) in [4.78, 5) is 6.36. The molecule has 0 radical (unpaired) electrons. The second-order valence-electron chi connectivity index (χ2n) is 6.45. The Morgan fingerprint density at radius 3 is 2.74 bits per heavy atom. The van der Waals surface area contributed by atoms with E-state index in [0.717, 1.165) is 31.6 Å². The topological polar surface area (TPSA) is 28.2 Å². The summed E-state index contributed by atoms with van der Waals surface area (Å²) in [5, 5.41) is 3.63. The van der Waals surface area contributed by atoms with Crippen LogP contribution in [0.4, 0.5) is 4.39 Å². The Hall–Kier alpha value is -1.00. The molecule has 1 fully saturated rings. The van der Waals surface area contributed by atoms with E-state index in [1.807, 2.05) is 0 Å². The quantitative estimate of drug-likeness (QED) is 0.910. The normalized spacial score (nSPS) is 27.4. The van der Waals surface area contributed by atoms with Crippen LogP contribution in [0.1, 0.15) is 39.7 Å². The first-order valence-electron chi connectivity index (χ1n) is 6.94. The number of halogens is 1. The molecule has 106 valence electrons. The molecule has 1 unspecified atom stereocenters. The van der Waals surface area contributed by atoms with Crippen molar-refractivity contribution >= 4 is 0 Å². The third kappa shape index (κ3) is 3.31. The van der Waals surface area contributed by atoms with Gasteiger partial charge in [-0.2, -0.15) is 0 Å². The van der Waals surface area contributed by atoms with Gasteiger partial charge in [0.1, 0.15) is 5.82 Å². The Kier molecular flexibility index (Phi) is 3.92. The van der Waals surface area contributed by atoms with Gasteiger partial charge in [0.05, 0.1) is 6.20 Å². The summed E-state index contributed by atoms with van der Waals surface area (Å²) in [5.41, 5.74) is 1.14. The first-order chi connectivity index (χ1) is 8.85. The molecule has 0 saturated carbocycles. The van der Waals surface area contributed by atoms with Crippen LogP contribution in [0.3, 0.4) is 0 Å². The van der Waals surface area contributed by atoms with Gasteiger partial charge in [-0.25, -0.2) is 4.39 Å². The fourth-order valence-electron chi connectivity index (χ4n) is 2.50. The van der Waals surface area contributed by atoms with Gasteiger partial charge in [0.25, 0.3) is 0 Å². The highest BCUT2D eigenvalue weighted by Crippen LogP contribution is 2.27. The van der Waals surface area contributed by atoms with E-state index in [1.165, 1.54) is 6.20 Å². The zero-order valence-electron chi connectivity index (χ0n) is 12.3. The Bertz CT molecular complexity index is 447. The lowest BCUT2D eigenvalue weighted by atomic mass is 9.88. The largest absolute Gasteiger partial charge is 0.308 e. The zero-order chi connectivity index (χ0) is 14.1. The van der Waals surface area contributed by atoms with Crippen molar-refractivity contribution in [3.63, 3.8) is 0 Å². The maximum absolute atomic E-state index is 13.2. The molecule has 0 spiro atoms. The van der Waals surface area contributed by atoms with Crippen LogP contribution in [0.5, 0.6) is 0 Å². The molecular formula is C15H24FN3. The van der Waals surface area contributed by atoms with Crippen LogP contribution in [0.2, 0.25) is 0 Å². The van der Waals surface area contributed by atoms with Crippen molar-refractivity contribution in [2.75, 3.05) is 13.1 Å². The molecule has 3 nitrogen and oxygen atoms in total. The average Bonchev–Trinajstić information content (AvgIpc) is 2.35. The highest BCUT2D eigenvalue weighted by Gasteiger charge is 2.38. The highest BCUT2D eigenvalue weighted by molar-refractivity contribution is 5.12. The molecule has 0 bridgehead atoms. The molecule has 1 aromatic heterocycles. The SMILES string of the molecule is CCC1(C)CN(Cc2cncc(F)c2)C(C)(C)CN1. The third-order valence-corrected chi connectivity index (χ3v) is 4.26. The minimum Gasteiger partial charge on any atom is -0.308 e. The van der Waals surface area contributed by atoms with Crippen LogP contribution in [-0.4, -0.2) is 34.1 Å². The van der Waals surface area contributed by atoms with Crippen LogP contribution in [0.15, 0.2) is 18.5 Å². The first kappa shape index (κ1) is 14.4. The molecule has 19 heavy (non-hydrogen) atoms. The molecule has 1 saturated heterocycles. The summed E-state index contributed by atoms with van der Waals surface area (Å²) in [7, 11) is 0. The second kappa shape index (κ2) is 5.17. The number of hydrogen-bond donors (Lipinski definition) is 1. The summed E-state index contributed by atoms with van der Waals surface area (Å²) in [6.45, 7) is 11.6.